The molecule has 1 unspecified atom stereocenters. The van der Waals surface area contributed by atoms with E-state index in [2.05, 4.69) is 0 Å². The zero-order valence-electron chi connectivity index (χ0n) is 6.49. The maximum Gasteiger partial charge on any atom is 0.175 e. The third kappa shape index (κ3) is 1.50. The average Bonchev–Trinajstić information content (AvgIpc) is 1.83. The van der Waals surface area contributed by atoms with Crippen LogP contribution >= 0.6 is 0 Å². The molecule has 1 atom stereocenters. The third-order valence-corrected chi connectivity index (χ3v) is 3.78. The summed E-state index contributed by atoms with van der Waals surface area (Å²) in [7, 11) is -3.13. The lowest BCUT2D eigenvalue weighted by Gasteiger charge is -2.14. The number of sulfone groups is 1. The van der Waals surface area contributed by atoms with Gasteiger partial charge in [-0.2, -0.15) is 0 Å². The molecular weight excluding hydrogens is 164 g/mol. The second-order valence-electron chi connectivity index (χ2n) is 2.83. The Morgan fingerprint density at radius 2 is 2.09 bits per heavy atom. The number of ketones is 1. The molecule has 0 amide bonds. The van der Waals surface area contributed by atoms with Crippen molar-refractivity contribution in [3.8, 4) is 0 Å². The van der Waals surface area contributed by atoms with Gasteiger partial charge in [-0.05, 0) is 13.8 Å². The minimum absolute atomic E-state index is 0.0627. The highest BCUT2D eigenvalue weighted by atomic mass is 32.2. The van der Waals surface area contributed by atoms with Gasteiger partial charge in [0.25, 0.3) is 0 Å². The van der Waals surface area contributed by atoms with Gasteiger partial charge in [-0.25, -0.2) is 8.42 Å². The molecule has 1 heterocycles. The van der Waals surface area contributed by atoms with E-state index in [4.69, 9.17) is 0 Å². The fourth-order valence-corrected chi connectivity index (χ4v) is 2.21. The Labute approximate surface area is 66.0 Å². The van der Waals surface area contributed by atoms with Crippen molar-refractivity contribution in [2.24, 2.45) is 0 Å². The molecule has 0 spiro atoms. The molecule has 0 saturated carbocycles. The largest absolute Gasteiger partial charge is 0.294 e. The van der Waals surface area contributed by atoms with E-state index in [9.17, 15) is 13.2 Å². The van der Waals surface area contributed by atoms with Crippen LogP contribution < -0.4 is 0 Å². The highest BCUT2D eigenvalue weighted by molar-refractivity contribution is 7.95. The maximum absolute atomic E-state index is 11.1. The van der Waals surface area contributed by atoms with Crippen LogP contribution in [0.3, 0.4) is 0 Å². The number of carbonyl (C=O) groups excluding carboxylic acids is 1. The molecule has 0 aromatic heterocycles. The molecule has 0 bridgehead atoms. The Morgan fingerprint density at radius 3 is 2.55 bits per heavy atom. The molecule has 0 fully saturated rings. The Kier molecular flexibility index (Phi) is 1.88. The van der Waals surface area contributed by atoms with Gasteiger partial charge in [0.15, 0.2) is 15.6 Å². The molecule has 11 heavy (non-hydrogen) atoms. The van der Waals surface area contributed by atoms with Crippen LogP contribution in [0.25, 0.3) is 0 Å². The van der Waals surface area contributed by atoms with Crippen LogP contribution in [-0.2, 0) is 14.6 Å². The summed E-state index contributed by atoms with van der Waals surface area (Å²) in [5, 5.41) is 0.530. The Hall–Kier alpha value is -0.640. The van der Waals surface area contributed by atoms with E-state index in [0.29, 0.717) is 5.57 Å². The van der Waals surface area contributed by atoms with Crippen molar-refractivity contribution in [1.29, 1.82) is 0 Å². The summed E-state index contributed by atoms with van der Waals surface area (Å²) in [5.74, 6) is -0.0627. The second kappa shape index (κ2) is 2.44. The lowest BCUT2D eigenvalue weighted by Crippen LogP contribution is -2.25. The highest BCUT2D eigenvalue weighted by Gasteiger charge is 2.27. The summed E-state index contributed by atoms with van der Waals surface area (Å²) in [6, 6.07) is 0. The zero-order valence-corrected chi connectivity index (χ0v) is 7.31. The molecule has 1 rings (SSSR count). The first-order valence-corrected chi connectivity index (χ1v) is 5.00. The molecule has 0 N–H and O–H groups in total. The molecule has 1 aliphatic rings. The van der Waals surface area contributed by atoms with Crippen molar-refractivity contribution in [1.82, 2.24) is 0 Å². The van der Waals surface area contributed by atoms with Crippen molar-refractivity contribution in [3.63, 3.8) is 0 Å². The second-order valence-corrected chi connectivity index (χ2v) is 5.05. The zero-order chi connectivity index (χ0) is 8.65. The fourth-order valence-electron chi connectivity index (χ4n) is 0.967. The van der Waals surface area contributed by atoms with Crippen molar-refractivity contribution in [3.05, 3.63) is 11.0 Å². The van der Waals surface area contributed by atoms with E-state index in [1.165, 1.54) is 6.92 Å². The summed E-state index contributed by atoms with van der Waals surface area (Å²) in [6.07, 6.45) is 0.130. The molecule has 0 radical (unpaired) electrons. The molecule has 0 saturated heterocycles. The van der Waals surface area contributed by atoms with Gasteiger partial charge in [-0.3, -0.25) is 4.79 Å². The first-order valence-electron chi connectivity index (χ1n) is 3.39. The predicted octanol–water partition coefficient (Wildman–Crippen LogP) is 0.666. The first kappa shape index (κ1) is 8.46. The maximum atomic E-state index is 11.1. The molecule has 0 aromatic carbocycles. The molecule has 0 aliphatic carbocycles. The van der Waals surface area contributed by atoms with Crippen LogP contribution in [0.4, 0.5) is 0 Å². The van der Waals surface area contributed by atoms with E-state index in [0.717, 1.165) is 5.41 Å². The van der Waals surface area contributed by atoms with E-state index in [1.54, 1.807) is 6.92 Å². The van der Waals surface area contributed by atoms with E-state index in [1.807, 2.05) is 0 Å². The van der Waals surface area contributed by atoms with Crippen molar-refractivity contribution >= 4 is 15.6 Å². The fraction of sp³-hybridized carbons (Fsp3) is 0.571. The standard InChI is InChI=1S/C7H10O3S/c1-5-4-11(9,10)6(2)3-7(5)8/h4,6H,3H2,1-2H3. The van der Waals surface area contributed by atoms with Crippen LogP contribution in [-0.4, -0.2) is 19.5 Å². The minimum Gasteiger partial charge on any atom is -0.294 e. The minimum atomic E-state index is -3.13. The van der Waals surface area contributed by atoms with Crippen LogP contribution in [0.2, 0.25) is 0 Å². The van der Waals surface area contributed by atoms with Gasteiger partial charge >= 0.3 is 0 Å². The summed E-state index contributed by atoms with van der Waals surface area (Å²) >= 11 is 0. The first-order chi connectivity index (χ1) is 4.93. The lowest BCUT2D eigenvalue weighted by molar-refractivity contribution is -0.115. The SMILES string of the molecule is CC1=CS(=O)(=O)C(C)CC1=O. The molecule has 4 heteroatoms. The highest BCUT2D eigenvalue weighted by Crippen LogP contribution is 2.19. The van der Waals surface area contributed by atoms with Crippen LogP contribution in [0.5, 0.6) is 0 Å². The van der Waals surface area contributed by atoms with Gasteiger partial charge < -0.3 is 0 Å². The van der Waals surface area contributed by atoms with Gasteiger partial charge in [0.1, 0.15) is 0 Å². The van der Waals surface area contributed by atoms with Gasteiger partial charge in [0.05, 0.1) is 5.25 Å². The Balaban J connectivity index is 3.17. The number of carbonyl (C=O) groups is 1. The van der Waals surface area contributed by atoms with E-state index < -0.39 is 15.1 Å². The number of allylic oxidation sites excluding steroid dienone is 1. The number of hydrogen-bond donors (Lipinski definition) is 0. The number of hydrogen-bond acceptors (Lipinski definition) is 3. The van der Waals surface area contributed by atoms with Crippen LogP contribution in [0, 0.1) is 0 Å². The van der Waals surface area contributed by atoms with E-state index in [-0.39, 0.29) is 12.2 Å². The lowest BCUT2D eigenvalue weighted by atomic mass is 10.1. The average molecular weight is 174 g/mol. The topological polar surface area (TPSA) is 51.2 Å². The van der Waals surface area contributed by atoms with Crippen molar-refractivity contribution in [2.75, 3.05) is 0 Å². The Bertz CT molecular complexity index is 311. The molecular formula is C7H10O3S. The quantitative estimate of drug-likeness (QED) is 0.542. The van der Waals surface area contributed by atoms with Crippen molar-refractivity contribution in [2.45, 2.75) is 25.5 Å². The van der Waals surface area contributed by atoms with E-state index >= 15 is 0 Å². The molecule has 3 nitrogen and oxygen atoms in total. The van der Waals surface area contributed by atoms with Gasteiger partial charge in [0, 0.05) is 17.4 Å². The normalized spacial score (nSPS) is 29.8. The van der Waals surface area contributed by atoms with Crippen LogP contribution in [0.15, 0.2) is 11.0 Å². The molecule has 0 aromatic rings. The van der Waals surface area contributed by atoms with Gasteiger partial charge in [0.2, 0.25) is 0 Å². The van der Waals surface area contributed by atoms with Gasteiger partial charge in [-0.15, -0.1) is 0 Å². The number of rotatable bonds is 0. The monoisotopic (exact) mass is 174 g/mol. The smallest absolute Gasteiger partial charge is 0.175 e. The molecule has 1 aliphatic heterocycles. The predicted molar refractivity (Wildman–Crippen MR) is 41.8 cm³/mol. The van der Waals surface area contributed by atoms with Crippen molar-refractivity contribution < 1.29 is 13.2 Å². The third-order valence-electron chi connectivity index (χ3n) is 1.81. The summed E-state index contributed by atoms with van der Waals surface area (Å²) in [6.45, 7) is 3.09. The van der Waals surface area contributed by atoms with Crippen LogP contribution in [0.1, 0.15) is 20.3 Å². The summed E-state index contributed by atoms with van der Waals surface area (Å²) < 4.78 is 22.2. The number of Topliss-reactive ketones (excluding diaryl/α,β-unsaturated/α-hetero) is 1. The Morgan fingerprint density at radius 1 is 1.55 bits per heavy atom. The van der Waals surface area contributed by atoms with Gasteiger partial charge in [-0.1, -0.05) is 0 Å². The summed E-state index contributed by atoms with van der Waals surface area (Å²) in [4.78, 5) is 11.0. The molecule has 62 valence electrons. The summed E-state index contributed by atoms with van der Waals surface area (Å²) in [5.41, 5.74) is 0.350.